The molecule has 2 rings (SSSR count). The molecule has 0 aliphatic heterocycles. The molecule has 2 aromatic rings. The van der Waals surface area contributed by atoms with Gasteiger partial charge in [0.25, 0.3) is 0 Å². The summed E-state index contributed by atoms with van der Waals surface area (Å²) in [5.41, 5.74) is -1.29. The van der Waals surface area contributed by atoms with Gasteiger partial charge in [-0.1, -0.05) is 6.58 Å². The number of esters is 2. The van der Waals surface area contributed by atoms with Gasteiger partial charge in [-0.3, -0.25) is 0 Å². The molecule has 0 amide bonds. The number of carbonyl (C=O) groups excluding carboxylic acids is 4. The summed E-state index contributed by atoms with van der Waals surface area (Å²) >= 11 is 0. The van der Waals surface area contributed by atoms with E-state index in [1.807, 2.05) is 0 Å². The van der Waals surface area contributed by atoms with Gasteiger partial charge < -0.3 is 28.4 Å². The Balaban J connectivity index is 2.23. The topological polar surface area (TPSA) is 124 Å². The molecule has 198 valence electrons. The number of carbonyl (C=O) groups is 4. The molecular formula is C27H30O10. The summed E-state index contributed by atoms with van der Waals surface area (Å²) < 4.78 is 31.1. The van der Waals surface area contributed by atoms with Gasteiger partial charge in [0.1, 0.15) is 22.7 Å². The second-order valence-electron chi connectivity index (χ2n) is 9.83. The Morgan fingerprint density at radius 1 is 0.649 bits per heavy atom. The van der Waals surface area contributed by atoms with Crippen LogP contribution in [0.1, 0.15) is 58.8 Å². The van der Waals surface area contributed by atoms with Crippen molar-refractivity contribution in [1.82, 2.24) is 0 Å². The van der Waals surface area contributed by atoms with Gasteiger partial charge in [0, 0.05) is 11.6 Å². The van der Waals surface area contributed by atoms with Crippen molar-refractivity contribution in [2.24, 2.45) is 0 Å². The molecule has 0 atom stereocenters. The van der Waals surface area contributed by atoms with Gasteiger partial charge in [0.05, 0.1) is 5.56 Å². The molecule has 0 heterocycles. The summed E-state index contributed by atoms with van der Waals surface area (Å²) in [6, 6.07) is 9.45. The van der Waals surface area contributed by atoms with Crippen molar-refractivity contribution in [1.29, 1.82) is 0 Å². The lowest BCUT2D eigenvalue weighted by atomic mass is 10.2. The molecule has 0 spiro atoms. The van der Waals surface area contributed by atoms with Crippen molar-refractivity contribution < 1.29 is 47.6 Å². The van der Waals surface area contributed by atoms with Crippen molar-refractivity contribution in [3.8, 4) is 23.0 Å². The lowest BCUT2D eigenvalue weighted by Gasteiger charge is -2.21. The highest BCUT2D eigenvalue weighted by Crippen LogP contribution is 2.33. The normalized spacial score (nSPS) is 11.1. The Labute approximate surface area is 215 Å². The first-order valence-corrected chi connectivity index (χ1v) is 11.2. The highest BCUT2D eigenvalue weighted by molar-refractivity contribution is 5.92. The minimum Gasteiger partial charge on any atom is -0.428 e. The van der Waals surface area contributed by atoms with Crippen LogP contribution >= 0.6 is 0 Å². The molecule has 2 aromatic carbocycles. The van der Waals surface area contributed by atoms with Crippen molar-refractivity contribution >= 4 is 24.2 Å². The van der Waals surface area contributed by atoms with Crippen LogP contribution < -0.4 is 18.9 Å². The molecule has 0 bridgehead atoms. The van der Waals surface area contributed by atoms with E-state index in [1.54, 1.807) is 41.5 Å². The molecule has 0 saturated carbocycles. The standard InChI is InChI=1S/C27H30O10/c1-16(2)22(28)32-18-11-9-17(10-12-18)23(29)33-19-13-14-20(34-24(30)36-26(3,4)5)21(15-19)35-25(31)37-27(6,7)8/h9-15H,1H2,2-8H3. The van der Waals surface area contributed by atoms with Crippen LogP contribution in [0, 0.1) is 0 Å². The van der Waals surface area contributed by atoms with Gasteiger partial charge in [0.15, 0.2) is 11.5 Å². The quantitative estimate of drug-likeness (QED) is 0.196. The van der Waals surface area contributed by atoms with E-state index in [2.05, 4.69) is 6.58 Å². The number of rotatable bonds is 6. The van der Waals surface area contributed by atoms with E-state index in [0.717, 1.165) is 0 Å². The van der Waals surface area contributed by atoms with Crippen LogP contribution in [0.2, 0.25) is 0 Å². The Bertz CT molecular complexity index is 1180. The SMILES string of the molecule is C=C(C)C(=O)Oc1ccc(C(=O)Oc2ccc(OC(=O)OC(C)(C)C)c(OC(=O)OC(C)(C)C)c2)cc1. The van der Waals surface area contributed by atoms with Crippen LogP contribution in [-0.4, -0.2) is 35.5 Å². The van der Waals surface area contributed by atoms with Crippen LogP contribution in [-0.2, 0) is 14.3 Å². The van der Waals surface area contributed by atoms with Crippen molar-refractivity contribution in [2.75, 3.05) is 0 Å². The zero-order valence-electron chi connectivity index (χ0n) is 21.8. The largest absolute Gasteiger partial charge is 0.514 e. The molecule has 10 heteroatoms. The second kappa shape index (κ2) is 11.6. The van der Waals surface area contributed by atoms with Crippen LogP contribution in [0.25, 0.3) is 0 Å². The molecular weight excluding hydrogens is 484 g/mol. The first kappa shape index (κ1) is 28.9. The maximum atomic E-state index is 12.6. The van der Waals surface area contributed by atoms with Gasteiger partial charge in [-0.2, -0.15) is 0 Å². The highest BCUT2D eigenvalue weighted by Gasteiger charge is 2.24. The third-order valence-corrected chi connectivity index (χ3v) is 3.94. The number of hydrogen-bond donors (Lipinski definition) is 0. The Kier molecular flexibility index (Phi) is 9.06. The second-order valence-corrected chi connectivity index (χ2v) is 9.83. The molecule has 0 fully saturated rings. The van der Waals surface area contributed by atoms with E-state index in [0.29, 0.717) is 0 Å². The van der Waals surface area contributed by atoms with Crippen LogP contribution in [0.4, 0.5) is 9.59 Å². The summed E-state index contributed by atoms with van der Waals surface area (Å²) in [5.74, 6) is -1.54. The zero-order chi connectivity index (χ0) is 28.0. The van der Waals surface area contributed by atoms with E-state index >= 15 is 0 Å². The van der Waals surface area contributed by atoms with E-state index in [9.17, 15) is 19.2 Å². The molecule has 0 unspecified atom stereocenters. The lowest BCUT2D eigenvalue weighted by Crippen LogP contribution is -2.27. The predicted molar refractivity (Wildman–Crippen MR) is 132 cm³/mol. The van der Waals surface area contributed by atoms with E-state index in [4.69, 9.17) is 28.4 Å². The van der Waals surface area contributed by atoms with Gasteiger partial charge in [-0.05, 0) is 84.9 Å². The van der Waals surface area contributed by atoms with Crippen molar-refractivity contribution in [2.45, 2.75) is 59.7 Å². The number of benzene rings is 2. The molecule has 0 saturated heterocycles. The molecule has 0 aliphatic rings. The maximum absolute atomic E-state index is 12.6. The number of hydrogen-bond acceptors (Lipinski definition) is 10. The third-order valence-electron chi connectivity index (χ3n) is 3.94. The first-order chi connectivity index (χ1) is 17.0. The Hall–Kier alpha value is -4.34. The minimum absolute atomic E-state index is 0.0158. The van der Waals surface area contributed by atoms with Crippen LogP contribution in [0.15, 0.2) is 54.6 Å². The average Bonchev–Trinajstić information content (AvgIpc) is 2.73. The van der Waals surface area contributed by atoms with Gasteiger partial charge in [-0.15, -0.1) is 0 Å². The minimum atomic E-state index is -1.06. The third kappa shape index (κ3) is 10.0. The van der Waals surface area contributed by atoms with Crippen LogP contribution in [0.5, 0.6) is 23.0 Å². The summed E-state index contributed by atoms with van der Waals surface area (Å²) in [6.45, 7) is 14.9. The Morgan fingerprint density at radius 2 is 1.14 bits per heavy atom. The zero-order valence-corrected chi connectivity index (χ0v) is 21.8. The van der Waals surface area contributed by atoms with Crippen molar-refractivity contribution in [3.63, 3.8) is 0 Å². The monoisotopic (exact) mass is 514 g/mol. The van der Waals surface area contributed by atoms with Gasteiger partial charge >= 0.3 is 24.2 Å². The summed E-state index contributed by atoms with van der Waals surface area (Å²) in [5, 5.41) is 0. The van der Waals surface area contributed by atoms with E-state index < -0.39 is 35.5 Å². The van der Waals surface area contributed by atoms with Gasteiger partial charge in [-0.25, -0.2) is 19.2 Å². The molecule has 37 heavy (non-hydrogen) atoms. The highest BCUT2D eigenvalue weighted by atomic mass is 16.8. The molecule has 0 aromatic heterocycles. The van der Waals surface area contributed by atoms with E-state index in [1.165, 1.54) is 49.4 Å². The van der Waals surface area contributed by atoms with Crippen molar-refractivity contribution in [3.05, 3.63) is 60.2 Å². The van der Waals surface area contributed by atoms with Gasteiger partial charge in [0.2, 0.25) is 0 Å². The summed E-state index contributed by atoms with van der Waals surface area (Å²) in [4.78, 5) is 48.6. The fourth-order valence-electron chi connectivity index (χ4n) is 2.46. The smallest absolute Gasteiger partial charge is 0.428 e. The lowest BCUT2D eigenvalue weighted by molar-refractivity contribution is -0.130. The van der Waals surface area contributed by atoms with Crippen LogP contribution in [0.3, 0.4) is 0 Å². The number of ether oxygens (including phenoxy) is 6. The predicted octanol–water partition coefficient (Wildman–Crippen LogP) is 6.02. The van der Waals surface area contributed by atoms with E-state index in [-0.39, 0.29) is 34.1 Å². The molecule has 0 aliphatic carbocycles. The summed E-state index contributed by atoms with van der Waals surface area (Å²) in [6.07, 6.45) is -2.09. The summed E-state index contributed by atoms with van der Waals surface area (Å²) in [7, 11) is 0. The Morgan fingerprint density at radius 3 is 1.62 bits per heavy atom. The molecule has 0 N–H and O–H groups in total. The fourth-order valence-corrected chi connectivity index (χ4v) is 2.46. The molecule has 10 nitrogen and oxygen atoms in total. The average molecular weight is 515 g/mol. The fraction of sp³-hybridized carbons (Fsp3) is 0.333. The maximum Gasteiger partial charge on any atom is 0.514 e. The molecule has 0 radical (unpaired) electrons. The first-order valence-electron chi connectivity index (χ1n) is 11.2.